The highest BCUT2D eigenvalue weighted by Gasteiger charge is 2.19. The number of carbonyl (C=O) groups is 1. The van der Waals surface area contributed by atoms with Crippen LogP contribution in [0.25, 0.3) is 0 Å². The van der Waals surface area contributed by atoms with Crippen molar-refractivity contribution in [3.63, 3.8) is 0 Å². The fraction of sp³-hybridized carbons (Fsp3) is 0.364. The fourth-order valence-electron chi connectivity index (χ4n) is 1.91. The fourth-order valence-corrected chi connectivity index (χ4v) is 2.96. The molecule has 0 radical (unpaired) electrons. The van der Waals surface area contributed by atoms with E-state index in [2.05, 4.69) is 0 Å². The van der Waals surface area contributed by atoms with Gasteiger partial charge in [0.15, 0.2) is 0 Å². The summed E-state index contributed by atoms with van der Waals surface area (Å²) in [6.45, 7) is 1.35. The van der Waals surface area contributed by atoms with Gasteiger partial charge >= 0.3 is 0 Å². The third-order valence-corrected chi connectivity index (χ3v) is 4.08. The zero-order valence-corrected chi connectivity index (χ0v) is 10.2. The number of nitrogens with zero attached hydrogens (tertiary/aromatic N) is 1. The Morgan fingerprint density at radius 1 is 1.29 bits per heavy atom. The van der Waals surface area contributed by atoms with Gasteiger partial charge in [-0.2, -0.15) is 0 Å². The van der Waals surface area contributed by atoms with Crippen molar-refractivity contribution in [1.82, 2.24) is 0 Å². The Hall–Kier alpha value is -1.56. The van der Waals surface area contributed by atoms with Crippen molar-refractivity contribution in [1.29, 1.82) is 0 Å². The molecule has 1 amide bonds. The Bertz CT molecular complexity index is 466. The van der Waals surface area contributed by atoms with Crippen molar-refractivity contribution in [2.45, 2.75) is 0 Å². The Kier molecular flexibility index (Phi) is 3.33. The first-order valence-corrected chi connectivity index (χ1v) is 6.86. The van der Waals surface area contributed by atoms with Gasteiger partial charge in [-0.1, -0.05) is 0 Å². The molecule has 1 fully saturated rings. The molecule has 1 aliphatic rings. The Morgan fingerprint density at radius 2 is 1.94 bits per heavy atom. The van der Waals surface area contributed by atoms with E-state index < -0.39 is 16.7 Å². The van der Waals surface area contributed by atoms with E-state index in [9.17, 15) is 9.00 Å². The maximum Gasteiger partial charge on any atom is 0.250 e. The summed E-state index contributed by atoms with van der Waals surface area (Å²) in [5, 5.41) is 0. The number of hydrogen-bond donors (Lipinski definition) is 2. The van der Waals surface area contributed by atoms with E-state index in [0.29, 0.717) is 35.8 Å². The molecule has 1 aromatic carbocycles. The van der Waals surface area contributed by atoms with E-state index in [1.54, 1.807) is 18.2 Å². The molecule has 0 bridgehead atoms. The maximum absolute atomic E-state index is 11.4. The smallest absolute Gasteiger partial charge is 0.250 e. The van der Waals surface area contributed by atoms with Gasteiger partial charge in [0.2, 0.25) is 0 Å². The Balaban J connectivity index is 2.31. The minimum Gasteiger partial charge on any atom is -0.399 e. The van der Waals surface area contributed by atoms with Crippen LogP contribution in [-0.4, -0.2) is 34.7 Å². The lowest BCUT2D eigenvalue weighted by Crippen LogP contribution is -2.38. The molecule has 0 unspecified atom stereocenters. The summed E-state index contributed by atoms with van der Waals surface area (Å²) in [5.41, 5.74) is 12.7. The number of primary amides is 1. The Labute approximate surface area is 102 Å². The summed E-state index contributed by atoms with van der Waals surface area (Å²) < 4.78 is 11.3. The molecule has 0 atom stereocenters. The lowest BCUT2D eigenvalue weighted by atomic mass is 10.1. The number of benzene rings is 1. The minimum atomic E-state index is -0.739. The van der Waals surface area contributed by atoms with Crippen molar-refractivity contribution in [2.24, 2.45) is 5.73 Å². The summed E-state index contributed by atoms with van der Waals surface area (Å²) >= 11 is 0. The predicted molar refractivity (Wildman–Crippen MR) is 69.5 cm³/mol. The van der Waals surface area contributed by atoms with Gasteiger partial charge in [-0.25, -0.2) is 0 Å². The van der Waals surface area contributed by atoms with E-state index in [0.717, 1.165) is 5.69 Å². The summed E-state index contributed by atoms with van der Waals surface area (Å²) in [6.07, 6.45) is 0. The third-order valence-electron chi connectivity index (χ3n) is 2.80. The molecule has 92 valence electrons. The quantitative estimate of drug-likeness (QED) is 0.722. The van der Waals surface area contributed by atoms with Crippen molar-refractivity contribution in [3.05, 3.63) is 23.8 Å². The highest BCUT2D eigenvalue weighted by molar-refractivity contribution is 7.85. The molecule has 0 aliphatic carbocycles. The molecule has 2 rings (SSSR count). The normalized spacial score (nSPS) is 17.1. The first kappa shape index (κ1) is 11.9. The molecular weight excluding hydrogens is 238 g/mol. The molecule has 1 aliphatic heterocycles. The van der Waals surface area contributed by atoms with Crippen molar-refractivity contribution in [2.75, 3.05) is 35.2 Å². The lowest BCUT2D eigenvalue weighted by molar-refractivity contribution is 0.100. The topological polar surface area (TPSA) is 89.4 Å². The second-order valence-electron chi connectivity index (χ2n) is 3.98. The second kappa shape index (κ2) is 4.75. The maximum atomic E-state index is 11.4. The summed E-state index contributed by atoms with van der Waals surface area (Å²) in [7, 11) is -0.739. The SMILES string of the molecule is NC(=O)c1cc(N)ccc1N1CCS(=O)CC1. The van der Waals surface area contributed by atoms with Gasteiger partial charge in [-0.05, 0) is 18.2 Å². The zero-order valence-electron chi connectivity index (χ0n) is 9.39. The van der Waals surface area contributed by atoms with Gasteiger partial charge in [0, 0.05) is 46.8 Å². The van der Waals surface area contributed by atoms with Crippen molar-refractivity contribution < 1.29 is 9.00 Å². The van der Waals surface area contributed by atoms with Crippen LogP contribution in [0.3, 0.4) is 0 Å². The van der Waals surface area contributed by atoms with Crippen LogP contribution >= 0.6 is 0 Å². The predicted octanol–water partition coefficient (Wildman–Crippen LogP) is -0.0636. The first-order chi connectivity index (χ1) is 8.08. The summed E-state index contributed by atoms with van der Waals surface area (Å²) in [4.78, 5) is 13.4. The number of carbonyl (C=O) groups excluding carboxylic acids is 1. The van der Waals surface area contributed by atoms with Crippen LogP contribution in [0.15, 0.2) is 18.2 Å². The molecule has 0 spiro atoms. The summed E-state index contributed by atoms with van der Waals surface area (Å²) in [5.74, 6) is 0.768. The van der Waals surface area contributed by atoms with Gasteiger partial charge in [-0.15, -0.1) is 0 Å². The molecule has 6 heteroatoms. The van der Waals surface area contributed by atoms with Crippen LogP contribution in [0.4, 0.5) is 11.4 Å². The molecule has 5 nitrogen and oxygen atoms in total. The molecule has 4 N–H and O–H groups in total. The van der Waals surface area contributed by atoms with Crippen LogP contribution < -0.4 is 16.4 Å². The zero-order chi connectivity index (χ0) is 12.4. The molecule has 1 aromatic rings. The molecule has 1 saturated heterocycles. The summed E-state index contributed by atoms with van der Waals surface area (Å²) in [6, 6.07) is 5.13. The van der Waals surface area contributed by atoms with Gasteiger partial charge in [0.05, 0.1) is 5.56 Å². The van der Waals surface area contributed by atoms with Gasteiger partial charge in [-0.3, -0.25) is 9.00 Å². The number of rotatable bonds is 2. The monoisotopic (exact) mass is 253 g/mol. The van der Waals surface area contributed by atoms with Crippen LogP contribution in [0, 0.1) is 0 Å². The van der Waals surface area contributed by atoms with Gasteiger partial charge < -0.3 is 16.4 Å². The molecular formula is C11H15N3O2S. The average Bonchev–Trinajstić information content (AvgIpc) is 2.30. The number of hydrogen-bond acceptors (Lipinski definition) is 4. The van der Waals surface area contributed by atoms with E-state index in [-0.39, 0.29) is 0 Å². The number of amides is 1. The largest absolute Gasteiger partial charge is 0.399 e. The second-order valence-corrected chi connectivity index (χ2v) is 5.67. The third kappa shape index (κ3) is 2.58. The van der Waals surface area contributed by atoms with E-state index in [1.165, 1.54) is 0 Å². The average molecular weight is 253 g/mol. The van der Waals surface area contributed by atoms with E-state index in [4.69, 9.17) is 11.5 Å². The van der Waals surface area contributed by atoms with Crippen molar-refractivity contribution in [3.8, 4) is 0 Å². The Morgan fingerprint density at radius 3 is 2.53 bits per heavy atom. The van der Waals surface area contributed by atoms with E-state index in [1.807, 2.05) is 4.90 Å². The highest BCUT2D eigenvalue weighted by Crippen LogP contribution is 2.24. The minimum absolute atomic E-state index is 0.428. The van der Waals surface area contributed by atoms with Crippen LogP contribution in [0.2, 0.25) is 0 Å². The number of anilines is 2. The van der Waals surface area contributed by atoms with Gasteiger partial charge in [0.25, 0.3) is 5.91 Å². The standard InChI is InChI=1S/C11H15N3O2S/c12-8-1-2-10(9(7-8)11(13)15)14-3-5-17(16)6-4-14/h1-2,7H,3-6,12H2,(H2,13,15). The molecule has 1 heterocycles. The van der Waals surface area contributed by atoms with Crippen molar-refractivity contribution >= 4 is 28.1 Å². The highest BCUT2D eigenvalue weighted by atomic mass is 32.2. The number of nitrogen functional groups attached to an aromatic ring is 1. The van der Waals surface area contributed by atoms with Crippen LogP contribution in [0.1, 0.15) is 10.4 Å². The van der Waals surface area contributed by atoms with Gasteiger partial charge in [0.1, 0.15) is 0 Å². The molecule has 0 saturated carbocycles. The number of nitrogens with two attached hydrogens (primary N) is 2. The first-order valence-electron chi connectivity index (χ1n) is 5.37. The molecule has 17 heavy (non-hydrogen) atoms. The van der Waals surface area contributed by atoms with Crippen LogP contribution in [-0.2, 0) is 10.8 Å². The van der Waals surface area contributed by atoms with Crippen LogP contribution in [0.5, 0.6) is 0 Å². The lowest BCUT2D eigenvalue weighted by Gasteiger charge is -2.29. The molecule has 0 aromatic heterocycles. The van der Waals surface area contributed by atoms with E-state index >= 15 is 0 Å².